The van der Waals surface area contributed by atoms with Gasteiger partial charge in [0.25, 0.3) is 0 Å². The third-order valence-corrected chi connectivity index (χ3v) is 12.1. The normalized spacial score (nSPS) is 18.9. The van der Waals surface area contributed by atoms with Crippen molar-refractivity contribution in [2.75, 3.05) is 40.6 Å². The molecule has 13 nitrogen and oxygen atoms in total. The topological polar surface area (TPSA) is 168 Å². The number of hydrogen-bond acceptors (Lipinski definition) is 10. The van der Waals surface area contributed by atoms with Crippen LogP contribution in [0.5, 0.6) is 0 Å². The number of likely N-dealkylation sites (N-methyl/N-ethyl adjacent to an activating group) is 2. The monoisotopic (exact) mass is 785 g/mol. The number of ether oxygens (including phenoxy) is 2. The van der Waals surface area contributed by atoms with E-state index in [9.17, 15) is 19.2 Å². The fraction of sp³-hybridized carbons (Fsp3) is 0.683. The van der Waals surface area contributed by atoms with Crippen molar-refractivity contribution in [2.24, 2.45) is 23.7 Å². The minimum atomic E-state index is -0.758. The van der Waals surface area contributed by atoms with Gasteiger partial charge in [-0.2, -0.15) is 0 Å². The molecule has 5 N–H and O–H groups in total. The Labute approximate surface area is 332 Å². The summed E-state index contributed by atoms with van der Waals surface area (Å²) >= 11 is 1.48. The second-order valence-electron chi connectivity index (χ2n) is 15.7. The van der Waals surface area contributed by atoms with Gasteiger partial charge in [0.1, 0.15) is 11.0 Å². The highest BCUT2D eigenvalue weighted by Crippen LogP contribution is 2.30. The summed E-state index contributed by atoms with van der Waals surface area (Å²) in [5.74, 6) is -1.51. The van der Waals surface area contributed by atoms with Crippen LogP contribution in [0.3, 0.4) is 0 Å². The van der Waals surface area contributed by atoms with Crippen LogP contribution in [0.25, 0.3) is 0 Å². The number of nitrogen functional groups attached to an aromatic ring is 1. The Morgan fingerprint density at radius 1 is 1.02 bits per heavy atom. The molecule has 0 bridgehead atoms. The first-order valence-electron chi connectivity index (χ1n) is 19.7. The van der Waals surface area contributed by atoms with Crippen LogP contribution in [0.15, 0.2) is 35.8 Å². The lowest BCUT2D eigenvalue weighted by molar-refractivity contribution is -0.147. The summed E-state index contributed by atoms with van der Waals surface area (Å²) in [6.45, 7) is 14.2. The Hall–Kier alpha value is -3.59. The minimum Gasteiger partial charge on any atom is -0.399 e. The van der Waals surface area contributed by atoms with Crippen LogP contribution in [0, 0.1) is 23.7 Å². The maximum absolute atomic E-state index is 14.3. The lowest BCUT2D eigenvalue weighted by Crippen LogP contribution is -2.59. The predicted molar refractivity (Wildman–Crippen MR) is 218 cm³/mol. The van der Waals surface area contributed by atoms with Gasteiger partial charge in [0.15, 0.2) is 0 Å². The number of benzene rings is 1. The van der Waals surface area contributed by atoms with Crippen molar-refractivity contribution in [3.8, 4) is 0 Å². The first kappa shape index (κ1) is 45.8. The summed E-state index contributed by atoms with van der Waals surface area (Å²) in [6, 6.07) is 5.27. The molecule has 308 valence electrons. The Morgan fingerprint density at radius 2 is 1.71 bits per heavy atom. The third kappa shape index (κ3) is 12.0. The molecule has 0 unspecified atom stereocenters. The number of likely N-dealkylation sites (tertiary alicyclic amines) is 1. The van der Waals surface area contributed by atoms with E-state index in [2.05, 4.69) is 27.9 Å². The van der Waals surface area contributed by atoms with E-state index in [4.69, 9.17) is 15.2 Å². The summed E-state index contributed by atoms with van der Waals surface area (Å²) in [6.07, 6.45) is 3.31. The minimum absolute atomic E-state index is 0.0149. The van der Waals surface area contributed by atoms with E-state index in [1.54, 1.807) is 39.4 Å². The SMILES string of the molecule is CC[C@H](C)[C@@H]([C@@H](CC(=O)N1CCC[C@H]1[C@H](OC)[C@@H](C)C(=O)N[C@@H](Cc1cccc(N)c1)c1nccs1)OC)N(C)C(=O)[C@@H](NC(=O)[C@@H](NC)C(C)C)C(C)C. The van der Waals surface area contributed by atoms with Gasteiger partial charge in [0.05, 0.1) is 48.7 Å². The molecule has 0 aliphatic carbocycles. The number of aromatic nitrogens is 1. The zero-order chi connectivity index (χ0) is 41.0. The summed E-state index contributed by atoms with van der Waals surface area (Å²) < 4.78 is 12.1. The molecule has 2 heterocycles. The summed E-state index contributed by atoms with van der Waals surface area (Å²) in [7, 11) is 6.63. The third-order valence-electron chi connectivity index (χ3n) is 11.2. The first-order valence-corrected chi connectivity index (χ1v) is 20.6. The highest BCUT2D eigenvalue weighted by atomic mass is 32.1. The quantitative estimate of drug-likeness (QED) is 0.134. The van der Waals surface area contributed by atoms with Crippen molar-refractivity contribution in [2.45, 2.75) is 123 Å². The molecule has 0 saturated carbocycles. The van der Waals surface area contributed by atoms with E-state index in [1.165, 1.54) is 11.3 Å². The van der Waals surface area contributed by atoms with Crippen LogP contribution in [0.4, 0.5) is 5.69 Å². The standard InChI is InChI=1S/C41H67N7O6S/c1-12-26(6)36(47(9)41(52)35(25(4)5)46-39(51)34(43-8)24(2)3)32(53-10)23-33(49)48-19-14-17-31(48)37(54-11)27(7)38(50)45-30(40-44-18-20-55-40)22-28-15-13-16-29(42)21-28/h13,15-16,18,20-21,24-27,30-32,34-37,43H,12,14,17,19,22-23,42H2,1-11H3,(H,45,50)(H,46,51)/t26-,27+,30-,31-,32+,34-,35-,36-,37+/m0/s1. The lowest BCUT2D eigenvalue weighted by Gasteiger charge is -2.41. The Kier molecular flexibility index (Phi) is 18.0. The molecule has 0 radical (unpaired) electrons. The van der Waals surface area contributed by atoms with Crippen LogP contribution in [0.1, 0.15) is 90.8 Å². The van der Waals surface area contributed by atoms with Crippen LogP contribution in [-0.4, -0.2) is 110 Å². The molecule has 0 spiro atoms. The Balaban J connectivity index is 1.79. The maximum Gasteiger partial charge on any atom is 0.245 e. The molecular weight excluding hydrogens is 719 g/mol. The average Bonchev–Trinajstić information content (AvgIpc) is 3.87. The molecule has 2 aromatic rings. The number of carbonyl (C=O) groups excluding carboxylic acids is 4. The molecule has 9 atom stereocenters. The second-order valence-corrected chi connectivity index (χ2v) is 16.6. The highest BCUT2D eigenvalue weighted by molar-refractivity contribution is 7.09. The van der Waals surface area contributed by atoms with E-state index in [-0.39, 0.29) is 59.9 Å². The molecule has 3 rings (SSSR count). The van der Waals surface area contributed by atoms with Gasteiger partial charge in [0.2, 0.25) is 23.6 Å². The molecule has 1 aliphatic rings. The number of carbonyl (C=O) groups is 4. The number of amides is 4. The summed E-state index contributed by atoms with van der Waals surface area (Å²) in [5.41, 5.74) is 7.68. The largest absolute Gasteiger partial charge is 0.399 e. The van der Waals surface area contributed by atoms with Gasteiger partial charge in [0, 0.05) is 45.1 Å². The van der Waals surface area contributed by atoms with Gasteiger partial charge >= 0.3 is 0 Å². The van der Waals surface area contributed by atoms with E-state index in [0.717, 1.165) is 23.4 Å². The Morgan fingerprint density at radius 3 is 2.25 bits per heavy atom. The van der Waals surface area contributed by atoms with Crippen LogP contribution in [-0.2, 0) is 35.1 Å². The van der Waals surface area contributed by atoms with Crippen molar-refractivity contribution >= 4 is 40.7 Å². The predicted octanol–water partition coefficient (Wildman–Crippen LogP) is 4.43. The molecule has 1 fully saturated rings. The van der Waals surface area contributed by atoms with Crippen molar-refractivity contribution in [3.05, 3.63) is 46.4 Å². The van der Waals surface area contributed by atoms with E-state index >= 15 is 0 Å². The molecule has 1 aromatic carbocycles. The van der Waals surface area contributed by atoms with Gasteiger partial charge < -0.3 is 41.0 Å². The fourth-order valence-corrected chi connectivity index (χ4v) is 8.60. The van der Waals surface area contributed by atoms with Crippen molar-refractivity contribution in [3.63, 3.8) is 0 Å². The zero-order valence-corrected chi connectivity index (χ0v) is 35.7. The molecule has 55 heavy (non-hydrogen) atoms. The van der Waals surface area contributed by atoms with Crippen LogP contribution < -0.4 is 21.7 Å². The zero-order valence-electron chi connectivity index (χ0n) is 34.8. The fourth-order valence-electron chi connectivity index (χ4n) is 7.91. The number of hydrogen-bond donors (Lipinski definition) is 4. The number of rotatable bonds is 21. The molecule has 1 aromatic heterocycles. The summed E-state index contributed by atoms with van der Waals surface area (Å²) in [5, 5.41) is 11.9. The van der Waals surface area contributed by atoms with Crippen molar-refractivity contribution in [1.29, 1.82) is 0 Å². The highest BCUT2D eigenvalue weighted by Gasteiger charge is 2.43. The Bertz CT molecular complexity index is 1520. The molecule has 14 heteroatoms. The van der Waals surface area contributed by atoms with Gasteiger partial charge in [-0.1, -0.05) is 67.0 Å². The lowest BCUT2D eigenvalue weighted by atomic mass is 9.89. The molecule has 4 amide bonds. The number of thiazole rings is 1. The summed E-state index contributed by atoms with van der Waals surface area (Å²) in [4.78, 5) is 63.6. The average molecular weight is 786 g/mol. The number of methoxy groups -OCH3 is 2. The van der Waals surface area contributed by atoms with Gasteiger partial charge in [-0.05, 0) is 61.8 Å². The van der Waals surface area contributed by atoms with E-state index in [1.807, 2.05) is 76.1 Å². The van der Waals surface area contributed by atoms with E-state index < -0.39 is 36.3 Å². The first-order chi connectivity index (χ1) is 26.1. The number of nitrogens with one attached hydrogen (secondary N) is 3. The van der Waals surface area contributed by atoms with Gasteiger partial charge in [-0.3, -0.25) is 19.2 Å². The molecule has 1 saturated heterocycles. The second kappa shape index (κ2) is 21.6. The number of anilines is 1. The van der Waals surface area contributed by atoms with Crippen LogP contribution in [0.2, 0.25) is 0 Å². The molecular formula is C41H67N7O6S. The number of nitrogens with zero attached hydrogens (tertiary/aromatic N) is 3. The van der Waals surface area contributed by atoms with Gasteiger partial charge in [-0.25, -0.2) is 4.98 Å². The van der Waals surface area contributed by atoms with E-state index in [0.29, 0.717) is 25.1 Å². The van der Waals surface area contributed by atoms with Crippen molar-refractivity contribution < 1.29 is 28.7 Å². The maximum atomic E-state index is 14.3. The van der Waals surface area contributed by atoms with Crippen LogP contribution >= 0.6 is 11.3 Å². The smallest absolute Gasteiger partial charge is 0.245 e. The molecule has 1 aliphatic heterocycles. The van der Waals surface area contributed by atoms with Gasteiger partial charge in [-0.15, -0.1) is 11.3 Å². The van der Waals surface area contributed by atoms with Crippen molar-refractivity contribution in [1.82, 2.24) is 30.7 Å². The number of nitrogens with two attached hydrogens (primary N) is 1.